The summed E-state index contributed by atoms with van der Waals surface area (Å²) in [5, 5.41) is 12.3. The summed E-state index contributed by atoms with van der Waals surface area (Å²) in [5.41, 5.74) is 7.19. The summed E-state index contributed by atoms with van der Waals surface area (Å²) in [7, 11) is 0. The van der Waals surface area contributed by atoms with Gasteiger partial charge in [-0.05, 0) is 11.6 Å². The van der Waals surface area contributed by atoms with E-state index in [0.717, 1.165) is 37.6 Å². The van der Waals surface area contributed by atoms with Crippen molar-refractivity contribution in [2.24, 2.45) is 10.9 Å². The number of rotatable bonds is 3. The number of hydrogen-bond donors (Lipinski definition) is 2. The molecule has 3 N–H and O–H groups in total. The minimum atomic E-state index is 0.0587. The van der Waals surface area contributed by atoms with Crippen molar-refractivity contribution < 1.29 is 5.21 Å². The van der Waals surface area contributed by atoms with E-state index in [2.05, 4.69) is 19.6 Å². The molecule has 1 aliphatic rings. The molecule has 0 saturated carbocycles. The third-order valence-corrected chi connectivity index (χ3v) is 4.03. The molecule has 0 radical (unpaired) electrons. The van der Waals surface area contributed by atoms with Gasteiger partial charge in [0.15, 0.2) is 5.84 Å². The average molecular weight is 306 g/mol. The van der Waals surface area contributed by atoms with E-state index in [1.54, 1.807) is 12.1 Å². The van der Waals surface area contributed by atoms with Crippen molar-refractivity contribution in [1.29, 1.82) is 0 Å². The Bertz CT molecular complexity index is 682. The van der Waals surface area contributed by atoms with E-state index in [4.69, 9.17) is 22.5 Å². The fraction of sp³-hybridized carbons (Fsp3) is 0.286. The van der Waals surface area contributed by atoms with Crippen LogP contribution in [-0.2, 0) is 19.6 Å². The second-order valence-electron chi connectivity index (χ2n) is 5.04. The Morgan fingerprint density at radius 2 is 2.29 bits per heavy atom. The lowest BCUT2D eigenvalue weighted by molar-refractivity contribution is 0.209. The first kappa shape index (κ1) is 13.9. The summed E-state index contributed by atoms with van der Waals surface area (Å²) in [6, 6.07) is 5.44. The van der Waals surface area contributed by atoms with Gasteiger partial charge in [-0.15, -0.1) is 0 Å². The summed E-state index contributed by atoms with van der Waals surface area (Å²) in [6.45, 7) is 3.46. The first-order valence-corrected chi connectivity index (χ1v) is 7.04. The number of oxime groups is 1. The van der Waals surface area contributed by atoms with E-state index in [1.807, 2.05) is 18.5 Å². The normalized spacial score (nSPS) is 16.0. The molecule has 1 aliphatic heterocycles. The van der Waals surface area contributed by atoms with Gasteiger partial charge in [0.2, 0.25) is 0 Å². The Balaban J connectivity index is 1.74. The first-order chi connectivity index (χ1) is 10.2. The number of aromatic nitrogens is 2. The fourth-order valence-corrected chi connectivity index (χ4v) is 2.73. The molecule has 7 heteroatoms. The van der Waals surface area contributed by atoms with Crippen LogP contribution in [0.2, 0.25) is 5.02 Å². The van der Waals surface area contributed by atoms with Gasteiger partial charge in [-0.2, -0.15) is 0 Å². The molecule has 0 saturated heterocycles. The molecular formula is C14H16ClN5O. The number of amidine groups is 1. The average Bonchev–Trinajstić information content (AvgIpc) is 2.96. The number of nitrogens with two attached hydrogens (primary N) is 1. The van der Waals surface area contributed by atoms with E-state index >= 15 is 0 Å². The Kier molecular flexibility index (Phi) is 3.81. The van der Waals surface area contributed by atoms with Crippen molar-refractivity contribution in [2.45, 2.75) is 19.6 Å². The lowest BCUT2D eigenvalue weighted by atomic mass is 10.1. The van der Waals surface area contributed by atoms with Crippen LogP contribution in [0.4, 0.5) is 0 Å². The van der Waals surface area contributed by atoms with Crippen LogP contribution in [0.1, 0.15) is 17.0 Å². The van der Waals surface area contributed by atoms with Gasteiger partial charge in [-0.3, -0.25) is 4.90 Å². The molecular weight excluding hydrogens is 290 g/mol. The highest BCUT2D eigenvalue weighted by Crippen LogP contribution is 2.21. The highest BCUT2D eigenvalue weighted by atomic mass is 35.5. The van der Waals surface area contributed by atoms with Crippen LogP contribution in [0.15, 0.2) is 35.7 Å². The zero-order valence-corrected chi connectivity index (χ0v) is 12.2. The molecule has 1 aromatic heterocycles. The van der Waals surface area contributed by atoms with Crippen LogP contribution < -0.4 is 5.73 Å². The zero-order chi connectivity index (χ0) is 14.8. The van der Waals surface area contributed by atoms with Gasteiger partial charge in [0.1, 0.15) is 5.82 Å². The van der Waals surface area contributed by atoms with Gasteiger partial charge >= 0.3 is 0 Å². The molecule has 3 rings (SSSR count). The zero-order valence-electron chi connectivity index (χ0n) is 11.4. The third kappa shape index (κ3) is 2.86. The topological polar surface area (TPSA) is 79.7 Å². The highest BCUT2D eigenvalue weighted by molar-refractivity contribution is 6.31. The maximum absolute atomic E-state index is 8.68. The standard InChI is InChI=1S/C14H16ClN5O/c15-12-7-10(14(16)18-21)1-2-11(12)8-19-5-6-20-4-3-17-13(20)9-19/h1-4,7,21H,5-6,8-9H2,(H2,16,18). The number of benzene rings is 1. The predicted octanol–water partition coefficient (Wildman–Crippen LogP) is 1.65. The smallest absolute Gasteiger partial charge is 0.170 e. The number of hydrogen-bond acceptors (Lipinski definition) is 4. The Labute approximate surface area is 127 Å². The summed E-state index contributed by atoms with van der Waals surface area (Å²) in [4.78, 5) is 6.65. The van der Waals surface area contributed by atoms with Gasteiger partial charge < -0.3 is 15.5 Å². The van der Waals surface area contributed by atoms with E-state index in [1.165, 1.54) is 0 Å². The van der Waals surface area contributed by atoms with Crippen molar-refractivity contribution >= 4 is 17.4 Å². The van der Waals surface area contributed by atoms with Gasteiger partial charge in [-0.1, -0.05) is 28.9 Å². The fourth-order valence-electron chi connectivity index (χ4n) is 2.49. The molecule has 0 atom stereocenters. The van der Waals surface area contributed by atoms with E-state index in [9.17, 15) is 0 Å². The van der Waals surface area contributed by atoms with Crippen LogP contribution in [0, 0.1) is 0 Å². The Hall–Kier alpha value is -2.05. The van der Waals surface area contributed by atoms with Gasteiger partial charge in [0.25, 0.3) is 0 Å². The Morgan fingerprint density at radius 1 is 1.43 bits per heavy atom. The molecule has 0 unspecified atom stereocenters. The van der Waals surface area contributed by atoms with Crippen LogP contribution in [0.25, 0.3) is 0 Å². The van der Waals surface area contributed by atoms with Gasteiger partial charge in [0, 0.05) is 42.6 Å². The van der Waals surface area contributed by atoms with Crippen LogP contribution in [-0.4, -0.2) is 32.0 Å². The van der Waals surface area contributed by atoms with Crippen LogP contribution >= 0.6 is 11.6 Å². The Morgan fingerprint density at radius 3 is 3.05 bits per heavy atom. The summed E-state index contributed by atoms with van der Waals surface area (Å²) in [5.74, 6) is 1.13. The number of halogens is 1. The van der Waals surface area contributed by atoms with E-state index in [-0.39, 0.29) is 5.84 Å². The second kappa shape index (κ2) is 5.75. The third-order valence-electron chi connectivity index (χ3n) is 3.67. The summed E-state index contributed by atoms with van der Waals surface area (Å²) in [6.07, 6.45) is 3.84. The lowest BCUT2D eigenvalue weighted by Crippen LogP contribution is -2.33. The molecule has 6 nitrogen and oxygen atoms in total. The minimum absolute atomic E-state index is 0.0587. The predicted molar refractivity (Wildman–Crippen MR) is 80.3 cm³/mol. The van der Waals surface area contributed by atoms with Crippen molar-refractivity contribution in [3.05, 3.63) is 52.6 Å². The number of imidazole rings is 1. The molecule has 21 heavy (non-hydrogen) atoms. The van der Waals surface area contributed by atoms with Crippen LogP contribution in [0.3, 0.4) is 0 Å². The monoisotopic (exact) mass is 305 g/mol. The molecule has 0 bridgehead atoms. The van der Waals surface area contributed by atoms with Crippen LogP contribution in [0.5, 0.6) is 0 Å². The summed E-state index contributed by atoms with van der Waals surface area (Å²) >= 11 is 6.29. The molecule has 0 fully saturated rings. The first-order valence-electron chi connectivity index (χ1n) is 6.66. The SMILES string of the molecule is N/C(=N/O)c1ccc(CN2CCn3ccnc3C2)c(Cl)c1. The molecule has 110 valence electrons. The second-order valence-corrected chi connectivity index (χ2v) is 5.45. The highest BCUT2D eigenvalue weighted by Gasteiger charge is 2.17. The summed E-state index contributed by atoms with van der Waals surface area (Å²) < 4.78 is 2.17. The maximum atomic E-state index is 8.68. The van der Waals surface area contributed by atoms with E-state index < -0.39 is 0 Å². The quantitative estimate of drug-likeness (QED) is 0.391. The number of nitrogens with zero attached hydrogens (tertiary/aromatic N) is 4. The molecule has 0 aliphatic carbocycles. The number of fused-ring (bicyclic) bond motifs is 1. The van der Waals surface area contributed by atoms with Gasteiger partial charge in [-0.25, -0.2) is 4.98 Å². The van der Waals surface area contributed by atoms with E-state index in [0.29, 0.717) is 10.6 Å². The van der Waals surface area contributed by atoms with Crippen molar-refractivity contribution in [3.63, 3.8) is 0 Å². The molecule has 1 aromatic carbocycles. The molecule has 2 aromatic rings. The lowest BCUT2D eigenvalue weighted by Gasteiger charge is -2.27. The minimum Gasteiger partial charge on any atom is -0.409 e. The van der Waals surface area contributed by atoms with Crippen molar-refractivity contribution in [3.8, 4) is 0 Å². The molecule has 0 spiro atoms. The van der Waals surface area contributed by atoms with Gasteiger partial charge in [0.05, 0.1) is 6.54 Å². The largest absolute Gasteiger partial charge is 0.409 e. The molecule has 2 heterocycles. The van der Waals surface area contributed by atoms with Crippen molar-refractivity contribution in [2.75, 3.05) is 6.54 Å². The van der Waals surface area contributed by atoms with Crippen molar-refractivity contribution in [1.82, 2.24) is 14.5 Å². The molecule has 0 amide bonds. The maximum Gasteiger partial charge on any atom is 0.170 e.